The first-order valence-corrected chi connectivity index (χ1v) is 8.39. The van der Waals surface area contributed by atoms with E-state index in [2.05, 4.69) is 0 Å². The number of anilines is 1. The second kappa shape index (κ2) is 7.34. The molecular weight excluding hydrogens is 318 g/mol. The molecule has 2 aromatic carbocycles. The van der Waals surface area contributed by atoms with Crippen molar-refractivity contribution in [1.29, 1.82) is 0 Å². The second-order valence-corrected chi connectivity index (χ2v) is 6.52. The van der Waals surface area contributed by atoms with Crippen LogP contribution in [0.5, 0.6) is 11.5 Å². The van der Waals surface area contributed by atoms with E-state index < -0.39 is 10.0 Å². The van der Waals surface area contributed by atoms with Crippen molar-refractivity contribution in [3.8, 4) is 11.5 Å². The Hall–Kier alpha value is -2.25. The van der Waals surface area contributed by atoms with Gasteiger partial charge in [0.25, 0.3) is 10.0 Å². The predicted molar refractivity (Wildman–Crippen MR) is 87.6 cm³/mol. The lowest BCUT2D eigenvalue weighted by Crippen LogP contribution is -2.33. The number of aliphatic hydroxyl groups is 1. The Morgan fingerprint density at radius 2 is 1.65 bits per heavy atom. The highest BCUT2D eigenvalue weighted by Gasteiger charge is 2.25. The minimum atomic E-state index is -3.84. The molecule has 0 bridgehead atoms. The molecule has 6 nitrogen and oxygen atoms in total. The zero-order valence-corrected chi connectivity index (χ0v) is 13.8. The molecule has 124 valence electrons. The summed E-state index contributed by atoms with van der Waals surface area (Å²) in [5.74, 6) is 0.769. The minimum Gasteiger partial charge on any atom is -0.493 e. The van der Waals surface area contributed by atoms with Gasteiger partial charge < -0.3 is 14.6 Å². The van der Waals surface area contributed by atoms with Crippen LogP contribution < -0.4 is 13.8 Å². The number of sulfonamides is 1. The van der Waals surface area contributed by atoms with Crippen molar-refractivity contribution in [3.63, 3.8) is 0 Å². The molecule has 2 aromatic rings. The zero-order valence-electron chi connectivity index (χ0n) is 13.0. The van der Waals surface area contributed by atoms with Crippen LogP contribution in [0.4, 0.5) is 5.69 Å². The Labute approximate surface area is 135 Å². The molecule has 0 heterocycles. The van der Waals surface area contributed by atoms with Crippen LogP contribution in [0, 0.1) is 0 Å². The third-order valence-electron chi connectivity index (χ3n) is 3.29. The molecule has 0 amide bonds. The molecule has 7 heteroatoms. The minimum absolute atomic E-state index is 0.0410. The van der Waals surface area contributed by atoms with Gasteiger partial charge in [0.15, 0.2) is 11.5 Å². The van der Waals surface area contributed by atoms with Gasteiger partial charge in [-0.15, -0.1) is 0 Å². The number of aliphatic hydroxyl groups excluding tert-OH is 1. The Kier molecular flexibility index (Phi) is 5.46. The van der Waals surface area contributed by atoms with Gasteiger partial charge in [0, 0.05) is 6.07 Å². The highest BCUT2D eigenvalue weighted by Crippen LogP contribution is 2.31. The summed E-state index contributed by atoms with van der Waals surface area (Å²) in [6, 6.07) is 13.0. The summed E-state index contributed by atoms with van der Waals surface area (Å²) in [6.45, 7) is -0.331. The summed E-state index contributed by atoms with van der Waals surface area (Å²) in [7, 11) is -0.914. The van der Waals surface area contributed by atoms with Gasteiger partial charge in [-0.2, -0.15) is 0 Å². The van der Waals surface area contributed by atoms with Crippen LogP contribution in [0.25, 0.3) is 0 Å². The standard InChI is InChI=1S/C16H19NO5S/c1-21-15-9-8-14(12-16(15)22-2)23(19,20)17(10-11-18)13-6-4-3-5-7-13/h3-9,12,18H,10-11H2,1-2H3. The quantitative estimate of drug-likeness (QED) is 0.835. The van der Waals surface area contributed by atoms with Crippen molar-refractivity contribution in [2.24, 2.45) is 0 Å². The smallest absolute Gasteiger partial charge is 0.264 e. The molecule has 0 aliphatic heterocycles. The molecule has 0 atom stereocenters. The van der Waals surface area contributed by atoms with Crippen molar-refractivity contribution in [3.05, 3.63) is 48.5 Å². The first-order chi connectivity index (χ1) is 11.0. The average molecular weight is 337 g/mol. The molecule has 23 heavy (non-hydrogen) atoms. The first kappa shape index (κ1) is 17.1. The molecule has 0 saturated heterocycles. The van der Waals surface area contributed by atoms with Crippen LogP contribution in [-0.4, -0.2) is 40.9 Å². The van der Waals surface area contributed by atoms with E-state index in [0.717, 1.165) is 4.31 Å². The Balaban J connectivity index is 2.50. The fraction of sp³-hybridized carbons (Fsp3) is 0.250. The monoisotopic (exact) mass is 337 g/mol. The van der Waals surface area contributed by atoms with Crippen LogP contribution in [0.2, 0.25) is 0 Å². The number of rotatable bonds is 7. The maximum Gasteiger partial charge on any atom is 0.264 e. The number of benzene rings is 2. The second-order valence-electron chi connectivity index (χ2n) is 4.65. The van der Waals surface area contributed by atoms with Gasteiger partial charge in [-0.3, -0.25) is 4.31 Å². The van der Waals surface area contributed by atoms with Gasteiger partial charge in [0.05, 0.1) is 38.0 Å². The molecule has 0 aliphatic rings. The van der Waals surface area contributed by atoms with Crippen LogP contribution in [0.15, 0.2) is 53.4 Å². The maximum atomic E-state index is 12.9. The number of methoxy groups -OCH3 is 2. The molecule has 1 N–H and O–H groups in total. The van der Waals surface area contributed by atoms with E-state index in [4.69, 9.17) is 9.47 Å². The van der Waals surface area contributed by atoms with Gasteiger partial charge in [0.1, 0.15) is 0 Å². The van der Waals surface area contributed by atoms with E-state index >= 15 is 0 Å². The van der Waals surface area contributed by atoms with Gasteiger partial charge in [-0.25, -0.2) is 8.42 Å². The molecule has 0 aliphatic carbocycles. The van der Waals surface area contributed by atoms with Crippen molar-refractivity contribution >= 4 is 15.7 Å². The van der Waals surface area contributed by atoms with Gasteiger partial charge in [-0.1, -0.05) is 18.2 Å². The van der Waals surface area contributed by atoms with Gasteiger partial charge >= 0.3 is 0 Å². The fourth-order valence-corrected chi connectivity index (χ4v) is 3.65. The van der Waals surface area contributed by atoms with Crippen molar-refractivity contribution in [1.82, 2.24) is 0 Å². The summed E-state index contributed by atoms with van der Waals surface area (Å²) in [4.78, 5) is 0.0625. The Morgan fingerprint density at radius 3 is 2.22 bits per heavy atom. The summed E-state index contributed by atoms with van der Waals surface area (Å²) >= 11 is 0. The molecule has 0 spiro atoms. The molecule has 0 saturated carbocycles. The highest BCUT2D eigenvalue weighted by atomic mass is 32.2. The molecule has 0 radical (unpaired) electrons. The topological polar surface area (TPSA) is 76.1 Å². The number of hydrogen-bond acceptors (Lipinski definition) is 5. The van der Waals surface area contributed by atoms with Crippen molar-refractivity contribution in [2.45, 2.75) is 4.90 Å². The first-order valence-electron chi connectivity index (χ1n) is 6.95. The summed E-state index contributed by atoms with van der Waals surface area (Å²) in [5, 5.41) is 9.24. The normalized spacial score (nSPS) is 11.1. The number of nitrogens with zero attached hydrogens (tertiary/aromatic N) is 1. The summed E-state index contributed by atoms with van der Waals surface area (Å²) in [6.07, 6.45) is 0. The third kappa shape index (κ3) is 3.57. The Bertz CT molecular complexity index is 746. The SMILES string of the molecule is COc1ccc(S(=O)(=O)N(CCO)c2ccccc2)cc1OC. The van der Waals surface area contributed by atoms with Crippen LogP contribution in [-0.2, 0) is 10.0 Å². The van der Waals surface area contributed by atoms with E-state index in [1.165, 1.54) is 32.4 Å². The molecule has 2 rings (SSSR count). The van der Waals surface area contributed by atoms with Crippen molar-refractivity contribution in [2.75, 3.05) is 31.7 Å². The summed E-state index contributed by atoms with van der Waals surface area (Å²) in [5.41, 5.74) is 0.483. The lowest BCUT2D eigenvalue weighted by molar-refractivity contribution is 0.306. The molecule has 0 fully saturated rings. The number of ether oxygens (including phenoxy) is 2. The average Bonchev–Trinajstić information content (AvgIpc) is 2.59. The van der Waals surface area contributed by atoms with Crippen molar-refractivity contribution < 1.29 is 23.0 Å². The predicted octanol–water partition coefficient (Wildman–Crippen LogP) is 1.89. The van der Waals surface area contributed by atoms with E-state index in [9.17, 15) is 13.5 Å². The number of para-hydroxylation sites is 1. The van der Waals surface area contributed by atoms with E-state index in [1.807, 2.05) is 0 Å². The molecule has 0 unspecified atom stereocenters. The fourth-order valence-electron chi connectivity index (χ4n) is 2.18. The van der Waals surface area contributed by atoms with E-state index in [-0.39, 0.29) is 18.0 Å². The van der Waals surface area contributed by atoms with Crippen LogP contribution in [0.3, 0.4) is 0 Å². The third-order valence-corrected chi connectivity index (χ3v) is 5.11. The lowest BCUT2D eigenvalue weighted by Gasteiger charge is -2.24. The van der Waals surface area contributed by atoms with Gasteiger partial charge in [0.2, 0.25) is 0 Å². The molecular formula is C16H19NO5S. The van der Waals surface area contributed by atoms with Crippen LogP contribution in [0.1, 0.15) is 0 Å². The molecule has 0 aromatic heterocycles. The van der Waals surface area contributed by atoms with Gasteiger partial charge in [-0.05, 0) is 24.3 Å². The highest BCUT2D eigenvalue weighted by molar-refractivity contribution is 7.92. The Morgan fingerprint density at radius 1 is 1.00 bits per heavy atom. The largest absolute Gasteiger partial charge is 0.493 e. The van der Waals surface area contributed by atoms with Crippen LogP contribution >= 0.6 is 0 Å². The summed E-state index contributed by atoms with van der Waals surface area (Å²) < 4.78 is 37.3. The zero-order chi connectivity index (χ0) is 16.9. The van der Waals surface area contributed by atoms with E-state index in [1.54, 1.807) is 30.3 Å². The lowest BCUT2D eigenvalue weighted by atomic mass is 10.3. The maximum absolute atomic E-state index is 12.9. The van der Waals surface area contributed by atoms with E-state index in [0.29, 0.717) is 17.2 Å². The number of hydrogen-bond donors (Lipinski definition) is 1.